The van der Waals surface area contributed by atoms with Crippen LogP contribution in [-0.4, -0.2) is 59.6 Å². The number of hydrogen-bond acceptors (Lipinski definition) is 5. The molecule has 2 aromatic rings. The van der Waals surface area contributed by atoms with Crippen LogP contribution in [0.4, 0.5) is 5.82 Å². The summed E-state index contributed by atoms with van der Waals surface area (Å²) in [6.07, 6.45) is 6.02. The van der Waals surface area contributed by atoms with E-state index in [1.165, 1.54) is 12.0 Å². The molecule has 2 aliphatic heterocycles. The lowest BCUT2D eigenvalue weighted by atomic mass is 9.95. The number of carbonyl (C=O) groups excluding carboxylic acids is 1. The standard InChI is InChI=1S/C26H33BrN4O3/c27-21-8-1-5-19(15-21)23(26(33)34)16-29-25(32)20-7-3-13-31(17-20)14-4-9-22-11-10-18-6-2-12-28-24(18)30-22/h1,5,8,10-11,15,20,23H,2-4,6-7,9,12-14,16-17H2,(H,28,30)(H,29,32)(H,33,34)/t20-,23-/m1/s1. The zero-order valence-electron chi connectivity index (χ0n) is 19.4. The smallest absolute Gasteiger partial charge is 0.312 e. The molecule has 3 N–H and O–H groups in total. The maximum Gasteiger partial charge on any atom is 0.312 e. The minimum absolute atomic E-state index is 0.0478. The van der Waals surface area contributed by atoms with Gasteiger partial charge in [0.2, 0.25) is 5.91 Å². The molecule has 0 radical (unpaired) electrons. The highest BCUT2D eigenvalue weighted by Gasteiger charge is 2.27. The normalized spacial score (nSPS) is 19.0. The number of pyridine rings is 1. The Morgan fingerprint density at radius 1 is 1.26 bits per heavy atom. The van der Waals surface area contributed by atoms with Gasteiger partial charge in [0.1, 0.15) is 5.82 Å². The number of halogens is 1. The van der Waals surface area contributed by atoms with E-state index in [1.807, 2.05) is 12.1 Å². The number of amides is 1. The zero-order chi connectivity index (χ0) is 23.9. The molecule has 7 nitrogen and oxygen atoms in total. The quantitative estimate of drug-likeness (QED) is 0.457. The molecule has 1 fully saturated rings. The number of anilines is 1. The van der Waals surface area contributed by atoms with Gasteiger partial charge in [0.25, 0.3) is 0 Å². The van der Waals surface area contributed by atoms with Crippen molar-refractivity contribution in [2.24, 2.45) is 5.92 Å². The van der Waals surface area contributed by atoms with Crippen LogP contribution in [0.1, 0.15) is 48.4 Å². The fourth-order valence-corrected chi connectivity index (χ4v) is 5.30. The van der Waals surface area contributed by atoms with Gasteiger partial charge in [0.05, 0.1) is 11.8 Å². The van der Waals surface area contributed by atoms with Gasteiger partial charge in [-0.25, -0.2) is 4.98 Å². The van der Waals surface area contributed by atoms with Crippen molar-refractivity contribution in [2.75, 3.05) is 38.0 Å². The van der Waals surface area contributed by atoms with Gasteiger partial charge in [0.15, 0.2) is 0 Å². The first-order chi connectivity index (χ1) is 16.5. The van der Waals surface area contributed by atoms with E-state index in [4.69, 9.17) is 4.98 Å². The summed E-state index contributed by atoms with van der Waals surface area (Å²) >= 11 is 3.39. The van der Waals surface area contributed by atoms with E-state index >= 15 is 0 Å². The third kappa shape index (κ3) is 6.57. The number of carbonyl (C=O) groups is 2. The predicted molar refractivity (Wildman–Crippen MR) is 136 cm³/mol. The first-order valence-electron chi connectivity index (χ1n) is 12.2. The summed E-state index contributed by atoms with van der Waals surface area (Å²) in [5, 5.41) is 16.0. The summed E-state index contributed by atoms with van der Waals surface area (Å²) < 4.78 is 0.826. The van der Waals surface area contributed by atoms with Crippen LogP contribution in [0.2, 0.25) is 0 Å². The Kier molecular flexibility index (Phi) is 8.56. The second-order valence-electron chi connectivity index (χ2n) is 9.27. The molecule has 8 heteroatoms. The number of hydrogen-bond donors (Lipinski definition) is 3. The predicted octanol–water partition coefficient (Wildman–Crippen LogP) is 3.83. The number of nitrogens with one attached hydrogen (secondary N) is 2. The number of piperidine rings is 1. The minimum atomic E-state index is -0.936. The average molecular weight is 529 g/mol. The molecule has 0 bridgehead atoms. The van der Waals surface area contributed by atoms with Gasteiger partial charge in [-0.15, -0.1) is 0 Å². The highest BCUT2D eigenvalue weighted by molar-refractivity contribution is 9.10. The van der Waals surface area contributed by atoms with Crippen molar-refractivity contribution in [2.45, 2.75) is 44.4 Å². The number of aromatic nitrogens is 1. The average Bonchev–Trinajstić information content (AvgIpc) is 2.84. The summed E-state index contributed by atoms with van der Waals surface area (Å²) in [4.78, 5) is 31.8. The van der Waals surface area contributed by atoms with Gasteiger partial charge in [-0.2, -0.15) is 0 Å². The number of benzene rings is 1. The summed E-state index contributed by atoms with van der Waals surface area (Å²) in [7, 11) is 0. The second-order valence-corrected chi connectivity index (χ2v) is 10.2. The Morgan fingerprint density at radius 2 is 2.15 bits per heavy atom. The van der Waals surface area contributed by atoms with Crippen LogP contribution in [0.5, 0.6) is 0 Å². The van der Waals surface area contributed by atoms with E-state index < -0.39 is 11.9 Å². The maximum atomic E-state index is 12.8. The SMILES string of the molecule is O=C(NC[C@@H](C(=O)O)c1cccc(Br)c1)[C@@H]1CCCN(CCCc2ccc3c(n2)NCCC3)C1. The first-order valence-corrected chi connectivity index (χ1v) is 13.0. The van der Waals surface area contributed by atoms with Crippen LogP contribution >= 0.6 is 15.9 Å². The number of aryl methyl sites for hydroxylation is 2. The molecule has 1 amide bonds. The van der Waals surface area contributed by atoms with E-state index in [2.05, 4.69) is 43.6 Å². The number of carboxylic acids is 1. The zero-order valence-corrected chi connectivity index (χ0v) is 21.0. The van der Waals surface area contributed by atoms with Crippen molar-refractivity contribution in [1.82, 2.24) is 15.2 Å². The molecule has 182 valence electrons. The van der Waals surface area contributed by atoms with Gasteiger partial charge < -0.3 is 20.6 Å². The van der Waals surface area contributed by atoms with Crippen LogP contribution in [0.15, 0.2) is 40.9 Å². The van der Waals surface area contributed by atoms with Crippen molar-refractivity contribution in [3.63, 3.8) is 0 Å². The molecule has 2 atom stereocenters. The Balaban J connectivity index is 1.24. The molecule has 1 aromatic heterocycles. The molecule has 3 heterocycles. The number of likely N-dealkylation sites (tertiary alicyclic amines) is 1. The molecule has 1 aromatic carbocycles. The van der Waals surface area contributed by atoms with Gasteiger partial charge >= 0.3 is 5.97 Å². The number of carboxylic acid groups (broad SMARTS) is 1. The summed E-state index contributed by atoms with van der Waals surface area (Å²) in [6, 6.07) is 11.6. The third-order valence-electron chi connectivity index (χ3n) is 6.76. The van der Waals surface area contributed by atoms with E-state index in [9.17, 15) is 14.7 Å². The Bertz CT molecular complexity index is 1020. The topological polar surface area (TPSA) is 94.6 Å². The molecule has 2 aliphatic rings. The van der Waals surface area contributed by atoms with Gasteiger partial charge in [-0.1, -0.05) is 34.1 Å². The molecule has 0 spiro atoms. The molecule has 0 aliphatic carbocycles. The number of nitrogens with zero attached hydrogens (tertiary/aromatic N) is 2. The number of rotatable bonds is 9. The van der Waals surface area contributed by atoms with Crippen LogP contribution in [0.25, 0.3) is 0 Å². The van der Waals surface area contributed by atoms with Crippen LogP contribution < -0.4 is 10.6 Å². The van der Waals surface area contributed by atoms with E-state index in [0.29, 0.717) is 5.56 Å². The van der Waals surface area contributed by atoms with Crippen LogP contribution in [0.3, 0.4) is 0 Å². The highest BCUT2D eigenvalue weighted by Crippen LogP contribution is 2.22. The summed E-state index contributed by atoms with van der Waals surface area (Å²) in [5.74, 6) is -0.805. The monoisotopic (exact) mass is 528 g/mol. The molecule has 0 unspecified atom stereocenters. The number of aliphatic carboxylic acids is 1. The Hall–Kier alpha value is -2.45. The fourth-order valence-electron chi connectivity index (χ4n) is 4.88. The van der Waals surface area contributed by atoms with Gasteiger partial charge in [0, 0.05) is 29.8 Å². The molecule has 4 rings (SSSR count). The van der Waals surface area contributed by atoms with Crippen molar-refractivity contribution >= 4 is 33.6 Å². The fraction of sp³-hybridized carbons (Fsp3) is 0.500. The molecular formula is C26H33BrN4O3. The van der Waals surface area contributed by atoms with E-state index in [0.717, 1.165) is 74.3 Å². The lowest BCUT2D eigenvalue weighted by Crippen LogP contribution is -2.44. The summed E-state index contributed by atoms with van der Waals surface area (Å²) in [5.41, 5.74) is 3.11. The minimum Gasteiger partial charge on any atom is -0.481 e. The largest absolute Gasteiger partial charge is 0.481 e. The molecular weight excluding hydrogens is 496 g/mol. The van der Waals surface area contributed by atoms with Gasteiger partial charge in [-0.3, -0.25) is 9.59 Å². The van der Waals surface area contributed by atoms with Crippen molar-refractivity contribution in [3.8, 4) is 0 Å². The molecule has 34 heavy (non-hydrogen) atoms. The number of fused-ring (bicyclic) bond motifs is 1. The van der Waals surface area contributed by atoms with E-state index in [-0.39, 0.29) is 18.4 Å². The Morgan fingerprint density at radius 3 is 2.97 bits per heavy atom. The van der Waals surface area contributed by atoms with Crippen molar-refractivity contribution in [1.29, 1.82) is 0 Å². The molecule has 1 saturated heterocycles. The van der Waals surface area contributed by atoms with Crippen molar-refractivity contribution in [3.05, 3.63) is 57.7 Å². The lowest BCUT2D eigenvalue weighted by molar-refractivity contribution is -0.138. The lowest BCUT2D eigenvalue weighted by Gasteiger charge is -2.32. The summed E-state index contributed by atoms with van der Waals surface area (Å²) in [6.45, 7) is 3.75. The molecule has 0 saturated carbocycles. The van der Waals surface area contributed by atoms with Crippen LogP contribution in [-0.2, 0) is 22.4 Å². The van der Waals surface area contributed by atoms with Crippen molar-refractivity contribution < 1.29 is 14.7 Å². The maximum absolute atomic E-state index is 12.8. The van der Waals surface area contributed by atoms with E-state index in [1.54, 1.807) is 12.1 Å². The second kappa shape index (κ2) is 11.8. The highest BCUT2D eigenvalue weighted by atomic mass is 79.9. The first kappa shape index (κ1) is 24.7. The Labute approximate surface area is 209 Å². The van der Waals surface area contributed by atoms with Gasteiger partial charge in [-0.05, 0) is 80.9 Å². The van der Waals surface area contributed by atoms with Crippen LogP contribution in [0, 0.1) is 5.92 Å². The third-order valence-corrected chi connectivity index (χ3v) is 7.26.